The van der Waals surface area contributed by atoms with Crippen LogP contribution in [-0.2, 0) is 5.54 Å². The number of phenols is 1. The topological polar surface area (TPSA) is 46.2 Å². The molecule has 1 fully saturated rings. The van der Waals surface area contributed by atoms with Gasteiger partial charge in [-0.3, -0.25) is 0 Å². The van der Waals surface area contributed by atoms with Crippen molar-refractivity contribution in [1.29, 1.82) is 0 Å². The van der Waals surface area contributed by atoms with Gasteiger partial charge in [-0.1, -0.05) is 19.3 Å². The van der Waals surface area contributed by atoms with Crippen LogP contribution in [0.3, 0.4) is 0 Å². The number of hydrogen-bond donors (Lipinski definition) is 2. The number of benzene rings is 1. The summed E-state index contributed by atoms with van der Waals surface area (Å²) in [6.07, 6.45) is 4.83. The minimum atomic E-state index is -0.590. The van der Waals surface area contributed by atoms with Gasteiger partial charge in [-0.2, -0.15) is 0 Å². The second-order valence-electron chi connectivity index (χ2n) is 4.84. The predicted octanol–water partition coefficient (Wildman–Crippen LogP) is 2.96. The molecule has 0 amide bonds. The van der Waals surface area contributed by atoms with Crippen molar-refractivity contribution in [1.82, 2.24) is 0 Å². The molecular formula is C13H18FNO. The number of rotatable bonds is 1. The Morgan fingerprint density at radius 2 is 1.88 bits per heavy atom. The van der Waals surface area contributed by atoms with Crippen LogP contribution in [0.25, 0.3) is 0 Å². The fraction of sp³-hybridized carbons (Fsp3) is 0.538. The number of hydrogen-bond acceptors (Lipinski definition) is 2. The first-order chi connectivity index (χ1) is 7.53. The van der Waals surface area contributed by atoms with Gasteiger partial charge in [0, 0.05) is 11.1 Å². The maximum atomic E-state index is 13.9. The SMILES string of the molecule is Cc1cc(F)c(C2(N)CCCCC2)cc1O. The Morgan fingerprint density at radius 1 is 1.25 bits per heavy atom. The molecule has 2 rings (SSSR count). The average Bonchev–Trinajstić information content (AvgIpc) is 2.24. The van der Waals surface area contributed by atoms with E-state index in [4.69, 9.17) is 5.73 Å². The van der Waals surface area contributed by atoms with Crippen LogP contribution in [0.2, 0.25) is 0 Å². The standard InChI is InChI=1S/C13H18FNO/c1-9-7-11(14)10(8-12(9)16)13(15)5-3-2-4-6-13/h7-8,16H,2-6,15H2,1H3. The zero-order valence-corrected chi connectivity index (χ0v) is 9.59. The summed E-state index contributed by atoms with van der Waals surface area (Å²) in [6, 6.07) is 2.86. The van der Waals surface area contributed by atoms with Gasteiger partial charge in [0.05, 0.1) is 0 Å². The predicted molar refractivity (Wildman–Crippen MR) is 61.8 cm³/mol. The minimum Gasteiger partial charge on any atom is -0.508 e. The molecule has 0 aromatic heterocycles. The molecule has 0 spiro atoms. The Hall–Kier alpha value is -1.09. The summed E-state index contributed by atoms with van der Waals surface area (Å²) in [6.45, 7) is 1.69. The number of phenolic OH excluding ortho intramolecular Hbond substituents is 1. The average molecular weight is 223 g/mol. The monoisotopic (exact) mass is 223 g/mol. The van der Waals surface area contributed by atoms with Crippen molar-refractivity contribution in [2.45, 2.75) is 44.6 Å². The Labute approximate surface area is 95.3 Å². The molecule has 2 nitrogen and oxygen atoms in total. The molecule has 1 aliphatic rings. The first-order valence-electron chi connectivity index (χ1n) is 5.81. The zero-order valence-electron chi connectivity index (χ0n) is 9.59. The maximum Gasteiger partial charge on any atom is 0.128 e. The molecule has 1 saturated carbocycles. The van der Waals surface area contributed by atoms with Gasteiger partial charge in [0.25, 0.3) is 0 Å². The van der Waals surface area contributed by atoms with Crippen molar-refractivity contribution in [2.24, 2.45) is 5.73 Å². The highest BCUT2D eigenvalue weighted by Gasteiger charge is 2.32. The first-order valence-corrected chi connectivity index (χ1v) is 5.81. The summed E-state index contributed by atoms with van der Waals surface area (Å²) in [4.78, 5) is 0. The van der Waals surface area contributed by atoms with E-state index in [0.29, 0.717) is 11.1 Å². The molecule has 88 valence electrons. The third-order valence-corrected chi connectivity index (χ3v) is 3.57. The minimum absolute atomic E-state index is 0.131. The van der Waals surface area contributed by atoms with Gasteiger partial charge in [0.1, 0.15) is 11.6 Å². The number of halogens is 1. The van der Waals surface area contributed by atoms with Gasteiger partial charge in [-0.25, -0.2) is 4.39 Å². The number of aryl methyl sites for hydroxylation is 1. The van der Waals surface area contributed by atoms with Crippen molar-refractivity contribution >= 4 is 0 Å². The smallest absolute Gasteiger partial charge is 0.128 e. The van der Waals surface area contributed by atoms with Crippen LogP contribution >= 0.6 is 0 Å². The summed E-state index contributed by atoms with van der Waals surface area (Å²) in [5, 5.41) is 9.65. The maximum absolute atomic E-state index is 13.9. The molecule has 0 atom stereocenters. The first kappa shape index (κ1) is 11.4. The molecule has 0 saturated heterocycles. The van der Waals surface area contributed by atoms with Gasteiger partial charge >= 0.3 is 0 Å². The molecule has 1 aromatic rings. The molecule has 0 aliphatic heterocycles. The molecule has 0 heterocycles. The Bertz CT molecular complexity index is 397. The van der Waals surface area contributed by atoms with Gasteiger partial charge in [-0.05, 0) is 37.5 Å². The Morgan fingerprint density at radius 3 is 2.50 bits per heavy atom. The summed E-state index contributed by atoms with van der Waals surface area (Å²) in [5.41, 5.74) is 6.68. The second kappa shape index (κ2) is 4.06. The fourth-order valence-electron chi connectivity index (χ4n) is 2.49. The van der Waals surface area contributed by atoms with Crippen molar-refractivity contribution in [3.63, 3.8) is 0 Å². The lowest BCUT2D eigenvalue weighted by atomic mass is 9.77. The summed E-state index contributed by atoms with van der Waals surface area (Å²) >= 11 is 0. The van der Waals surface area contributed by atoms with Crippen LogP contribution in [0.5, 0.6) is 5.75 Å². The largest absolute Gasteiger partial charge is 0.508 e. The van der Waals surface area contributed by atoms with E-state index in [0.717, 1.165) is 25.7 Å². The summed E-state index contributed by atoms with van der Waals surface area (Å²) < 4.78 is 13.9. The highest BCUT2D eigenvalue weighted by atomic mass is 19.1. The van der Waals surface area contributed by atoms with Crippen LogP contribution in [0.15, 0.2) is 12.1 Å². The molecule has 1 aromatic carbocycles. The van der Waals surface area contributed by atoms with Gasteiger partial charge in [0.2, 0.25) is 0 Å². The number of nitrogens with two attached hydrogens (primary N) is 1. The van der Waals surface area contributed by atoms with Crippen molar-refractivity contribution in [3.05, 3.63) is 29.1 Å². The normalized spacial score (nSPS) is 19.7. The second-order valence-corrected chi connectivity index (χ2v) is 4.84. The summed E-state index contributed by atoms with van der Waals surface area (Å²) in [5.74, 6) is -0.161. The van der Waals surface area contributed by atoms with Gasteiger partial charge in [0.15, 0.2) is 0 Å². The van der Waals surface area contributed by atoms with E-state index in [1.807, 2.05) is 0 Å². The van der Waals surface area contributed by atoms with E-state index in [9.17, 15) is 9.50 Å². The molecule has 1 aliphatic carbocycles. The molecule has 3 heteroatoms. The third-order valence-electron chi connectivity index (χ3n) is 3.57. The lowest BCUT2D eigenvalue weighted by molar-refractivity contribution is 0.291. The van der Waals surface area contributed by atoms with Crippen molar-refractivity contribution < 1.29 is 9.50 Å². The molecule has 0 bridgehead atoms. The quantitative estimate of drug-likeness (QED) is 0.768. The highest BCUT2D eigenvalue weighted by molar-refractivity contribution is 5.39. The van der Waals surface area contributed by atoms with Crippen LogP contribution in [-0.4, -0.2) is 5.11 Å². The molecular weight excluding hydrogens is 205 g/mol. The summed E-state index contributed by atoms with van der Waals surface area (Å²) in [7, 11) is 0. The van der Waals surface area contributed by atoms with E-state index in [1.165, 1.54) is 18.6 Å². The molecule has 3 N–H and O–H groups in total. The molecule has 16 heavy (non-hydrogen) atoms. The van der Waals surface area contributed by atoms with Crippen molar-refractivity contribution in [2.75, 3.05) is 0 Å². The van der Waals surface area contributed by atoms with E-state index >= 15 is 0 Å². The fourth-order valence-corrected chi connectivity index (χ4v) is 2.49. The Balaban J connectivity index is 2.42. The number of aromatic hydroxyl groups is 1. The molecule has 0 unspecified atom stereocenters. The van der Waals surface area contributed by atoms with E-state index in [2.05, 4.69) is 0 Å². The lowest BCUT2D eigenvalue weighted by Gasteiger charge is -2.34. The highest BCUT2D eigenvalue weighted by Crippen LogP contribution is 2.37. The molecule has 0 radical (unpaired) electrons. The van der Waals surface area contributed by atoms with Crippen LogP contribution in [0, 0.1) is 12.7 Å². The van der Waals surface area contributed by atoms with Crippen molar-refractivity contribution in [3.8, 4) is 5.75 Å². The van der Waals surface area contributed by atoms with Crippen LogP contribution in [0.1, 0.15) is 43.2 Å². The van der Waals surface area contributed by atoms with E-state index in [1.54, 1.807) is 6.92 Å². The van der Waals surface area contributed by atoms with Gasteiger partial charge in [-0.15, -0.1) is 0 Å². The van der Waals surface area contributed by atoms with E-state index < -0.39 is 5.54 Å². The lowest BCUT2D eigenvalue weighted by Crippen LogP contribution is -2.39. The zero-order chi connectivity index (χ0) is 11.8. The van der Waals surface area contributed by atoms with Crippen LogP contribution < -0.4 is 5.73 Å². The third kappa shape index (κ3) is 1.92. The van der Waals surface area contributed by atoms with Gasteiger partial charge < -0.3 is 10.8 Å². The Kier molecular flexibility index (Phi) is 2.89. The van der Waals surface area contributed by atoms with E-state index in [-0.39, 0.29) is 11.6 Å². The van der Waals surface area contributed by atoms with Crippen LogP contribution in [0.4, 0.5) is 4.39 Å².